The van der Waals surface area contributed by atoms with Crippen LogP contribution in [0.2, 0.25) is 0 Å². The number of amides is 2. The van der Waals surface area contributed by atoms with Gasteiger partial charge in [-0.2, -0.15) is 0 Å². The van der Waals surface area contributed by atoms with E-state index < -0.39 is 15.7 Å². The summed E-state index contributed by atoms with van der Waals surface area (Å²) in [7, 11) is 1.25. The van der Waals surface area contributed by atoms with E-state index in [1.807, 2.05) is 0 Å². The molecule has 0 heterocycles. The Hall–Kier alpha value is -1.79. The fourth-order valence-electron chi connectivity index (χ4n) is 2.11. The number of halogens is 2. The van der Waals surface area contributed by atoms with Gasteiger partial charge in [0.15, 0.2) is 0 Å². The van der Waals surface area contributed by atoms with Crippen molar-refractivity contribution < 1.29 is 19.1 Å². The zero-order chi connectivity index (χ0) is 18.0. The Morgan fingerprint density at radius 2 is 1.79 bits per heavy atom. The molecule has 2 amide bonds. The molecule has 0 radical (unpaired) electrons. The van der Waals surface area contributed by atoms with E-state index in [1.165, 1.54) is 7.11 Å². The summed E-state index contributed by atoms with van der Waals surface area (Å²) in [6.45, 7) is 1.54. The lowest BCUT2D eigenvalue weighted by atomic mass is 10.1. The number of methoxy groups -OCH3 is 1. The molecule has 130 valence electrons. The highest BCUT2D eigenvalue weighted by Gasteiger charge is 2.67. The number of nitrogens with one attached hydrogen (secondary N) is 2. The van der Waals surface area contributed by atoms with Gasteiger partial charge in [-0.25, -0.2) is 0 Å². The molecule has 8 heteroatoms. The Morgan fingerprint density at radius 3 is 2.29 bits per heavy atom. The summed E-state index contributed by atoms with van der Waals surface area (Å²) in [5.74, 6) is -1.04. The maximum Gasteiger partial charge on any atom is 0.325 e. The molecule has 1 aliphatic carbocycles. The zero-order valence-corrected chi connectivity index (χ0v) is 14.8. The predicted molar refractivity (Wildman–Crippen MR) is 91.0 cm³/mol. The van der Waals surface area contributed by atoms with Gasteiger partial charge in [-0.15, -0.1) is 23.2 Å². The van der Waals surface area contributed by atoms with E-state index in [2.05, 4.69) is 15.4 Å². The van der Waals surface area contributed by atoms with Crippen LogP contribution < -0.4 is 10.6 Å². The molecule has 6 nitrogen and oxygen atoms in total. The van der Waals surface area contributed by atoms with Crippen LogP contribution in [0.1, 0.15) is 18.9 Å². The highest BCUT2D eigenvalue weighted by molar-refractivity contribution is 6.53. The number of carbonyl (C=O) groups is 3. The van der Waals surface area contributed by atoms with E-state index in [0.29, 0.717) is 12.1 Å². The largest absolute Gasteiger partial charge is 0.468 e. The van der Waals surface area contributed by atoms with E-state index in [0.717, 1.165) is 5.56 Å². The monoisotopic (exact) mass is 372 g/mol. The second-order valence-electron chi connectivity index (χ2n) is 5.89. The van der Waals surface area contributed by atoms with E-state index >= 15 is 0 Å². The predicted octanol–water partition coefficient (Wildman–Crippen LogP) is 2.04. The fraction of sp³-hybridized carbons (Fsp3) is 0.438. The third-order valence-corrected chi connectivity index (χ3v) is 5.09. The SMILES string of the molecule is COC(=O)CNC(=O)Cc1ccc(NC(=O)[C@]2(C)CC2(Cl)Cl)cc1. The third kappa shape index (κ3) is 4.19. The lowest BCUT2D eigenvalue weighted by molar-refractivity contribution is -0.141. The van der Waals surface area contributed by atoms with E-state index in [1.54, 1.807) is 31.2 Å². The first-order valence-corrected chi connectivity index (χ1v) is 8.05. The van der Waals surface area contributed by atoms with Crippen LogP contribution >= 0.6 is 23.2 Å². The van der Waals surface area contributed by atoms with Gasteiger partial charge in [-0.1, -0.05) is 12.1 Å². The van der Waals surface area contributed by atoms with Crippen molar-refractivity contribution in [2.75, 3.05) is 19.0 Å². The number of ether oxygens (including phenoxy) is 1. The second kappa shape index (κ2) is 6.99. The quantitative estimate of drug-likeness (QED) is 0.591. The number of rotatable bonds is 6. The van der Waals surface area contributed by atoms with Crippen LogP contribution in [-0.2, 0) is 25.5 Å². The van der Waals surface area contributed by atoms with E-state index in [4.69, 9.17) is 23.2 Å². The van der Waals surface area contributed by atoms with E-state index in [9.17, 15) is 14.4 Å². The van der Waals surface area contributed by atoms with Crippen LogP contribution in [0.15, 0.2) is 24.3 Å². The van der Waals surface area contributed by atoms with Crippen molar-refractivity contribution in [3.63, 3.8) is 0 Å². The average Bonchev–Trinajstić information content (AvgIpc) is 3.06. The molecule has 0 bridgehead atoms. The lowest BCUT2D eigenvalue weighted by Gasteiger charge is -2.13. The molecule has 24 heavy (non-hydrogen) atoms. The highest BCUT2D eigenvalue weighted by atomic mass is 35.5. The molecule has 0 aliphatic heterocycles. The minimum absolute atomic E-state index is 0.120. The Balaban J connectivity index is 1.86. The van der Waals surface area contributed by atoms with Crippen molar-refractivity contribution in [2.24, 2.45) is 5.41 Å². The van der Waals surface area contributed by atoms with Gasteiger partial charge in [-0.3, -0.25) is 14.4 Å². The average molecular weight is 373 g/mol. The molecule has 1 fully saturated rings. The summed E-state index contributed by atoms with van der Waals surface area (Å²) in [5.41, 5.74) is 0.552. The number of anilines is 1. The third-order valence-electron chi connectivity index (χ3n) is 3.99. The summed E-state index contributed by atoms with van der Waals surface area (Å²) in [4.78, 5) is 34.8. The first kappa shape index (κ1) is 18.5. The minimum atomic E-state index is -1.02. The normalized spacial score (nSPS) is 20.8. The molecular formula is C16H18Cl2N2O4. The zero-order valence-electron chi connectivity index (χ0n) is 13.3. The number of benzene rings is 1. The highest BCUT2D eigenvalue weighted by Crippen LogP contribution is 2.64. The lowest BCUT2D eigenvalue weighted by Crippen LogP contribution is -2.31. The molecule has 0 aromatic heterocycles. The van der Waals surface area contributed by atoms with Gasteiger partial charge >= 0.3 is 5.97 Å². The van der Waals surface area contributed by atoms with Crippen molar-refractivity contribution >= 4 is 46.7 Å². The first-order chi connectivity index (χ1) is 11.2. The van der Waals surface area contributed by atoms with Crippen LogP contribution in [-0.4, -0.2) is 35.8 Å². The number of alkyl halides is 2. The van der Waals surface area contributed by atoms with Gasteiger partial charge in [0.2, 0.25) is 11.8 Å². The minimum Gasteiger partial charge on any atom is -0.468 e. The Morgan fingerprint density at radius 1 is 1.21 bits per heavy atom. The molecule has 1 aliphatic rings. The molecule has 0 unspecified atom stereocenters. The standard InChI is InChI=1S/C16H18Cl2N2O4/c1-15(9-16(15,17)18)14(23)20-11-5-3-10(4-6-11)7-12(21)19-8-13(22)24-2/h3-6H,7-9H2,1-2H3,(H,19,21)(H,20,23)/t15-/m0/s1. The van der Waals surface area contributed by atoms with Gasteiger partial charge < -0.3 is 15.4 Å². The van der Waals surface area contributed by atoms with E-state index in [-0.39, 0.29) is 24.8 Å². The Bertz CT molecular complexity index is 661. The molecule has 0 saturated heterocycles. The first-order valence-electron chi connectivity index (χ1n) is 7.30. The maximum atomic E-state index is 12.2. The molecular weight excluding hydrogens is 355 g/mol. The van der Waals surface area contributed by atoms with Gasteiger partial charge in [0, 0.05) is 5.69 Å². The van der Waals surface area contributed by atoms with Crippen LogP contribution in [0.3, 0.4) is 0 Å². The summed E-state index contributed by atoms with van der Waals surface area (Å²) in [6.07, 6.45) is 0.531. The van der Waals surface area contributed by atoms with Gasteiger partial charge in [-0.05, 0) is 31.0 Å². The molecule has 0 spiro atoms. The molecule has 1 aromatic carbocycles. The summed E-state index contributed by atoms with van der Waals surface area (Å²) in [6, 6.07) is 6.82. The van der Waals surface area contributed by atoms with Crippen LogP contribution in [0.25, 0.3) is 0 Å². The number of hydrogen-bond donors (Lipinski definition) is 2. The topological polar surface area (TPSA) is 84.5 Å². The molecule has 2 N–H and O–H groups in total. The molecule has 1 atom stereocenters. The Labute approximate surface area is 149 Å². The van der Waals surface area contributed by atoms with Crippen molar-refractivity contribution in [1.29, 1.82) is 0 Å². The summed E-state index contributed by atoms with van der Waals surface area (Å²) in [5, 5.41) is 5.21. The van der Waals surface area contributed by atoms with Crippen LogP contribution in [0.4, 0.5) is 5.69 Å². The number of hydrogen-bond acceptors (Lipinski definition) is 4. The fourth-order valence-corrected chi connectivity index (χ4v) is 2.82. The molecule has 1 aromatic rings. The van der Waals surface area contributed by atoms with Crippen LogP contribution in [0.5, 0.6) is 0 Å². The summed E-state index contributed by atoms with van der Waals surface area (Å²) < 4.78 is 3.42. The van der Waals surface area contributed by atoms with Gasteiger partial charge in [0.25, 0.3) is 0 Å². The van der Waals surface area contributed by atoms with Crippen LogP contribution in [0, 0.1) is 5.41 Å². The number of carbonyl (C=O) groups excluding carboxylic acids is 3. The second-order valence-corrected chi connectivity index (χ2v) is 7.38. The van der Waals surface area contributed by atoms with Crippen molar-refractivity contribution in [3.05, 3.63) is 29.8 Å². The summed E-state index contributed by atoms with van der Waals surface area (Å²) >= 11 is 12.0. The molecule has 1 saturated carbocycles. The van der Waals surface area contributed by atoms with Gasteiger partial charge in [0.1, 0.15) is 10.9 Å². The van der Waals surface area contributed by atoms with Gasteiger partial charge in [0.05, 0.1) is 18.9 Å². The smallest absolute Gasteiger partial charge is 0.325 e. The van der Waals surface area contributed by atoms with Crippen molar-refractivity contribution in [1.82, 2.24) is 5.32 Å². The molecule has 2 rings (SSSR count). The van der Waals surface area contributed by atoms with Crippen molar-refractivity contribution in [2.45, 2.75) is 24.1 Å². The maximum absolute atomic E-state index is 12.2. The van der Waals surface area contributed by atoms with Crippen molar-refractivity contribution in [3.8, 4) is 0 Å². The Kier molecular flexibility index (Phi) is 5.40. The number of esters is 1.